The van der Waals surface area contributed by atoms with Gasteiger partial charge in [0, 0.05) is 18.1 Å². The van der Waals surface area contributed by atoms with Gasteiger partial charge < -0.3 is 4.57 Å². The Labute approximate surface area is 58.7 Å². The summed E-state index contributed by atoms with van der Waals surface area (Å²) in [5.41, 5.74) is 1.18. The molecule has 2 rings (SSSR count). The number of hydrogen-bond donors (Lipinski definition) is 0. The molecule has 0 aliphatic carbocycles. The maximum absolute atomic E-state index is 3.90. The Morgan fingerprint density at radius 2 is 2.50 bits per heavy atom. The molecule has 0 fully saturated rings. The molecule has 0 aromatic carbocycles. The minimum atomic E-state index is 0.681. The summed E-state index contributed by atoms with van der Waals surface area (Å²) < 4.78 is 2.01. The number of hydrogen-bond acceptors (Lipinski definition) is 2. The fourth-order valence-electron chi connectivity index (χ4n) is 0.970. The van der Waals surface area contributed by atoms with Crippen LogP contribution in [0.25, 0.3) is 6.20 Å². The van der Waals surface area contributed by atoms with E-state index in [1.807, 2.05) is 29.1 Å². The molecule has 2 heterocycles. The van der Waals surface area contributed by atoms with Crippen LogP contribution >= 0.6 is 0 Å². The summed E-state index contributed by atoms with van der Waals surface area (Å²) in [6.07, 6.45) is 5.57. The van der Waals surface area contributed by atoms with Crippen LogP contribution < -0.4 is 0 Å². The van der Waals surface area contributed by atoms with Gasteiger partial charge in [-0.1, -0.05) is 0 Å². The van der Waals surface area contributed by atoms with E-state index in [-0.39, 0.29) is 0 Å². The van der Waals surface area contributed by atoms with Gasteiger partial charge in [0.1, 0.15) is 6.54 Å². The van der Waals surface area contributed by atoms with Crippen LogP contribution in [0.1, 0.15) is 5.69 Å². The molecule has 1 aromatic rings. The fraction of sp³-hybridized carbons (Fsp3) is 0.143. The Bertz CT molecular complexity index is 283. The van der Waals surface area contributed by atoms with Crippen molar-refractivity contribution in [1.82, 2.24) is 4.57 Å². The maximum atomic E-state index is 3.90. The Morgan fingerprint density at radius 1 is 1.50 bits per heavy atom. The zero-order valence-corrected chi connectivity index (χ0v) is 5.44. The van der Waals surface area contributed by atoms with Crippen molar-refractivity contribution >= 4 is 6.20 Å². The summed E-state index contributed by atoms with van der Waals surface area (Å²) >= 11 is 0. The highest BCUT2D eigenvalue weighted by molar-refractivity contribution is 5.28. The van der Waals surface area contributed by atoms with Crippen molar-refractivity contribution in [2.24, 2.45) is 10.2 Å². The number of fused-ring (bicyclic) bond motifs is 1. The van der Waals surface area contributed by atoms with E-state index < -0.39 is 0 Å². The summed E-state index contributed by atoms with van der Waals surface area (Å²) in [5, 5.41) is 7.68. The van der Waals surface area contributed by atoms with Gasteiger partial charge in [0.2, 0.25) is 0 Å². The Hall–Kier alpha value is -1.38. The molecule has 0 spiro atoms. The molecule has 50 valence electrons. The molecule has 0 atom stereocenters. The first kappa shape index (κ1) is 5.41. The van der Waals surface area contributed by atoms with Crippen molar-refractivity contribution in [3.63, 3.8) is 0 Å². The Kier molecular flexibility index (Phi) is 1.13. The molecule has 1 aliphatic heterocycles. The predicted molar refractivity (Wildman–Crippen MR) is 38.3 cm³/mol. The van der Waals surface area contributed by atoms with E-state index in [1.54, 1.807) is 6.20 Å². The van der Waals surface area contributed by atoms with E-state index in [2.05, 4.69) is 10.2 Å². The molecule has 1 aromatic heterocycles. The average molecular weight is 133 g/mol. The quantitative estimate of drug-likeness (QED) is 0.517. The lowest BCUT2D eigenvalue weighted by Crippen LogP contribution is -1.88. The Balaban J connectivity index is 2.50. The second kappa shape index (κ2) is 2.10. The lowest BCUT2D eigenvalue weighted by molar-refractivity contribution is 0.908. The number of nitrogens with zero attached hydrogens (tertiary/aromatic N) is 3. The molecule has 0 N–H and O–H groups in total. The average Bonchev–Trinajstić information content (AvgIpc) is 2.28. The zero-order chi connectivity index (χ0) is 6.81. The summed E-state index contributed by atoms with van der Waals surface area (Å²) in [4.78, 5) is 0. The van der Waals surface area contributed by atoms with E-state index >= 15 is 0 Å². The van der Waals surface area contributed by atoms with E-state index in [0.717, 1.165) is 0 Å². The van der Waals surface area contributed by atoms with Crippen LogP contribution in [-0.2, 0) is 6.54 Å². The SMILES string of the molecule is C1=Cn2cccc2CN=N1. The number of azo groups is 1. The second-order valence-electron chi connectivity index (χ2n) is 2.12. The molecular formula is C7H7N3. The van der Waals surface area contributed by atoms with E-state index in [4.69, 9.17) is 0 Å². The normalized spacial score (nSPS) is 14.8. The van der Waals surface area contributed by atoms with Crippen LogP contribution in [0.5, 0.6) is 0 Å². The van der Waals surface area contributed by atoms with Crippen LogP contribution in [0.15, 0.2) is 34.8 Å². The minimum absolute atomic E-state index is 0.681. The standard InChI is InChI=1S/C7H7N3/c1-2-7-6-9-8-3-5-10(7)4-1/h1-5H,6H2. The first-order chi connectivity index (χ1) is 4.97. The zero-order valence-electron chi connectivity index (χ0n) is 5.44. The van der Waals surface area contributed by atoms with Gasteiger partial charge in [-0.15, -0.1) is 0 Å². The molecule has 3 nitrogen and oxygen atoms in total. The van der Waals surface area contributed by atoms with E-state index in [1.165, 1.54) is 5.69 Å². The van der Waals surface area contributed by atoms with Crippen molar-refractivity contribution in [1.29, 1.82) is 0 Å². The van der Waals surface area contributed by atoms with Gasteiger partial charge in [0.05, 0.1) is 6.20 Å². The van der Waals surface area contributed by atoms with Gasteiger partial charge in [-0.3, -0.25) is 0 Å². The summed E-state index contributed by atoms with van der Waals surface area (Å²) in [7, 11) is 0. The third-order valence-electron chi connectivity index (χ3n) is 1.48. The van der Waals surface area contributed by atoms with E-state index in [0.29, 0.717) is 6.54 Å². The Morgan fingerprint density at radius 3 is 3.50 bits per heavy atom. The molecule has 0 radical (unpaired) electrons. The molecule has 1 aliphatic rings. The number of aromatic nitrogens is 1. The van der Waals surface area contributed by atoms with Gasteiger partial charge in [0.15, 0.2) is 0 Å². The fourth-order valence-corrected chi connectivity index (χ4v) is 0.970. The van der Waals surface area contributed by atoms with Crippen molar-refractivity contribution in [3.8, 4) is 0 Å². The third kappa shape index (κ3) is 0.757. The molecular weight excluding hydrogens is 126 g/mol. The summed E-state index contributed by atoms with van der Waals surface area (Å²) in [5.74, 6) is 0. The maximum Gasteiger partial charge on any atom is 0.101 e. The van der Waals surface area contributed by atoms with Crippen LogP contribution in [0.3, 0.4) is 0 Å². The summed E-state index contributed by atoms with van der Waals surface area (Å²) in [6.45, 7) is 0.681. The van der Waals surface area contributed by atoms with Gasteiger partial charge in [-0.25, -0.2) is 0 Å². The topological polar surface area (TPSA) is 29.6 Å². The molecule has 0 saturated heterocycles. The monoisotopic (exact) mass is 133 g/mol. The first-order valence-electron chi connectivity index (χ1n) is 3.16. The molecule has 0 amide bonds. The lowest BCUT2D eigenvalue weighted by Gasteiger charge is -1.94. The van der Waals surface area contributed by atoms with Gasteiger partial charge in [0.25, 0.3) is 0 Å². The third-order valence-corrected chi connectivity index (χ3v) is 1.48. The van der Waals surface area contributed by atoms with Crippen LogP contribution in [0.4, 0.5) is 0 Å². The molecule has 0 saturated carbocycles. The molecule has 0 unspecified atom stereocenters. The van der Waals surface area contributed by atoms with Gasteiger partial charge in [-0.2, -0.15) is 10.2 Å². The van der Waals surface area contributed by atoms with Crippen LogP contribution in [0, 0.1) is 0 Å². The molecule has 3 heteroatoms. The minimum Gasteiger partial charge on any atom is -0.324 e. The molecule has 10 heavy (non-hydrogen) atoms. The van der Waals surface area contributed by atoms with Gasteiger partial charge >= 0.3 is 0 Å². The van der Waals surface area contributed by atoms with Crippen molar-refractivity contribution < 1.29 is 0 Å². The second-order valence-corrected chi connectivity index (χ2v) is 2.12. The van der Waals surface area contributed by atoms with Gasteiger partial charge in [-0.05, 0) is 12.1 Å². The highest BCUT2D eigenvalue weighted by Crippen LogP contribution is 2.07. The number of rotatable bonds is 0. The largest absolute Gasteiger partial charge is 0.324 e. The van der Waals surface area contributed by atoms with Crippen LogP contribution in [-0.4, -0.2) is 4.57 Å². The lowest BCUT2D eigenvalue weighted by atomic mass is 10.4. The smallest absolute Gasteiger partial charge is 0.101 e. The van der Waals surface area contributed by atoms with E-state index in [9.17, 15) is 0 Å². The molecule has 0 bridgehead atoms. The summed E-state index contributed by atoms with van der Waals surface area (Å²) in [6, 6.07) is 4.04. The van der Waals surface area contributed by atoms with Crippen molar-refractivity contribution in [2.45, 2.75) is 6.54 Å². The predicted octanol–water partition coefficient (Wildman–Crippen LogP) is 1.88. The highest BCUT2D eigenvalue weighted by atomic mass is 15.1. The van der Waals surface area contributed by atoms with Crippen molar-refractivity contribution in [3.05, 3.63) is 30.2 Å². The van der Waals surface area contributed by atoms with Crippen molar-refractivity contribution in [2.75, 3.05) is 0 Å². The first-order valence-corrected chi connectivity index (χ1v) is 3.16. The highest BCUT2D eigenvalue weighted by Gasteiger charge is 1.97. The van der Waals surface area contributed by atoms with Crippen LogP contribution in [0.2, 0.25) is 0 Å².